The van der Waals surface area contributed by atoms with E-state index in [1.165, 1.54) is 0 Å². The molecule has 5 nitrogen and oxygen atoms in total. The summed E-state index contributed by atoms with van der Waals surface area (Å²) in [6, 6.07) is 7.82. The van der Waals surface area contributed by atoms with Crippen molar-refractivity contribution in [1.29, 1.82) is 0 Å². The lowest BCUT2D eigenvalue weighted by atomic mass is 10.1. The van der Waals surface area contributed by atoms with E-state index in [1.54, 1.807) is 0 Å². The summed E-state index contributed by atoms with van der Waals surface area (Å²) in [6.45, 7) is 7.84. The van der Waals surface area contributed by atoms with E-state index in [-0.39, 0.29) is 5.54 Å². The monoisotopic (exact) mass is 302 g/mol. The van der Waals surface area contributed by atoms with Crippen LogP contribution < -0.4 is 10.5 Å². The van der Waals surface area contributed by atoms with Crippen molar-refractivity contribution in [2.75, 3.05) is 33.0 Å². The lowest BCUT2D eigenvalue weighted by molar-refractivity contribution is 0.262. The molecule has 0 amide bonds. The Balaban J connectivity index is 2.20. The number of likely N-dealkylation sites (N-methyl/N-ethyl adjacent to an activating group) is 1. The summed E-state index contributed by atoms with van der Waals surface area (Å²) in [5.41, 5.74) is 8.55. The van der Waals surface area contributed by atoms with Gasteiger partial charge in [-0.25, -0.2) is 0 Å². The van der Waals surface area contributed by atoms with E-state index in [9.17, 15) is 0 Å². The zero-order valence-corrected chi connectivity index (χ0v) is 14.1. The number of rotatable bonds is 5. The standard InChI is InChI=1S/C17H26N4O/c1-17(2,3)21-9-8-15(19-21)13-6-7-14(18)16(12-13)22-11-10-20(4)5/h6-9,12H,10-11,18H2,1-5H3. The molecule has 0 spiro atoms. The van der Waals surface area contributed by atoms with Crippen molar-refractivity contribution in [2.24, 2.45) is 0 Å². The molecule has 22 heavy (non-hydrogen) atoms. The van der Waals surface area contributed by atoms with Gasteiger partial charge in [-0.15, -0.1) is 0 Å². The van der Waals surface area contributed by atoms with Gasteiger partial charge in [-0.3, -0.25) is 4.68 Å². The average Bonchev–Trinajstić information content (AvgIpc) is 2.90. The van der Waals surface area contributed by atoms with Gasteiger partial charge < -0.3 is 15.4 Å². The summed E-state index contributed by atoms with van der Waals surface area (Å²) < 4.78 is 7.75. The Bertz CT molecular complexity index is 626. The van der Waals surface area contributed by atoms with Gasteiger partial charge in [-0.05, 0) is 53.1 Å². The van der Waals surface area contributed by atoms with Crippen molar-refractivity contribution < 1.29 is 4.74 Å². The van der Waals surface area contributed by atoms with Gasteiger partial charge in [0, 0.05) is 18.3 Å². The van der Waals surface area contributed by atoms with Gasteiger partial charge in [-0.1, -0.05) is 6.07 Å². The highest BCUT2D eigenvalue weighted by Crippen LogP contribution is 2.29. The largest absolute Gasteiger partial charge is 0.490 e. The summed E-state index contributed by atoms with van der Waals surface area (Å²) in [6.07, 6.45) is 2.00. The molecular formula is C17H26N4O. The van der Waals surface area contributed by atoms with Crippen LogP contribution >= 0.6 is 0 Å². The predicted molar refractivity (Wildman–Crippen MR) is 91.1 cm³/mol. The number of nitrogens with two attached hydrogens (primary N) is 1. The second-order valence-electron chi connectivity index (χ2n) is 6.72. The first-order valence-electron chi connectivity index (χ1n) is 7.51. The van der Waals surface area contributed by atoms with Gasteiger partial charge in [0.15, 0.2) is 0 Å². The molecule has 5 heteroatoms. The zero-order chi connectivity index (χ0) is 16.3. The Hall–Kier alpha value is -2.01. The Labute approximate surface area is 132 Å². The zero-order valence-electron chi connectivity index (χ0n) is 14.1. The Morgan fingerprint density at radius 1 is 1.23 bits per heavy atom. The SMILES string of the molecule is CN(C)CCOc1cc(-c2ccn(C(C)(C)C)n2)ccc1N. The molecule has 0 aliphatic carbocycles. The van der Waals surface area contributed by atoms with Crippen LogP contribution in [0.4, 0.5) is 5.69 Å². The third-order valence-electron chi connectivity index (χ3n) is 3.38. The van der Waals surface area contributed by atoms with Gasteiger partial charge in [0.05, 0.1) is 16.9 Å². The minimum absolute atomic E-state index is 0.0307. The highest BCUT2D eigenvalue weighted by atomic mass is 16.5. The summed E-state index contributed by atoms with van der Waals surface area (Å²) in [5.74, 6) is 0.713. The number of nitrogen functional groups attached to an aromatic ring is 1. The maximum atomic E-state index is 5.99. The summed E-state index contributed by atoms with van der Waals surface area (Å²) in [5, 5.41) is 4.64. The van der Waals surface area contributed by atoms with Crippen LogP contribution in [0.15, 0.2) is 30.5 Å². The van der Waals surface area contributed by atoms with Gasteiger partial charge in [0.2, 0.25) is 0 Å². The van der Waals surface area contributed by atoms with Crippen LogP contribution in [0, 0.1) is 0 Å². The predicted octanol–water partition coefficient (Wildman–Crippen LogP) is 2.83. The normalized spacial score (nSPS) is 11.9. The van der Waals surface area contributed by atoms with E-state index in [2.05, 4.69) is 30.8 Å². The number of benzene rings is 1. The quantitative estimate of drug-likeness (QED) is 0.863. The second-order valence-corrected chi connectivity index (χ2v) is 6.72. The molecule has 0 radical (unpaired) electrons. The van der Waals surface area contributed by atoms with Gasteiger partial charge in [0.25, 0.3) is 0 Å². The molecule has 2 N–H and O–H groups in total. The highest BCUT2D eigenvalue weighted by Gasteiger charge is 2.15. The number of hydrogen-bond acceptors (Lipinski definition) is 4. The third-order valence-corrected chi connectivity index (χ3v) is 3.38. The number of ether oxygens (including phenoxy) is 1. The number of hydrogen-bond donors (Lipinski definition) is 1. The molecule has 1 aromatic carbocycles. The lowest BCUT2D eigenvalue weighted by Gasteiger charge is -2.18. The first kappa shape index (κ1) is 16.4. The fourth-order valence-electron chi connectivity index (χ4n) is 2.01. The van der Waals surface area contributed by atoms with Crippen LogP contribution in [0.25, 0.3) is 11.3 Å². The molecule has 120 valence electrons. The van der Waals surface area contributed by atoms with E-state index in [0.717, 1.165) is 17.8 Å². The molecule has 0 aliphatic heterocycles. The Morgan fingerprint density at radius 2 is 1.95 bits per heavy atom. The molecule has 0 atom stereocenters. The Morgan fingerprint density at radius 3 is 2.55 bits per heavy atom. The summed E-state index contributed by atoms with van der Waals surface area (Å²) >= 11 is 0. The highest BCUT2D eigenvalue weighted by molar-refractivity contribution is 5.67. The summed E-state index contributed by atoms with van der Waals surface area (Å²) in [7, 11) is 4.03. The molecular weight excluding hydrogens is 276 g/mol. The second kappa shape index (κ2) is 6.40. The molecule has 1 aromatic heterocycles. The topological polar surface area (TPSA) is 56.3 Å². The minimum Gasteiger partial charge on any atom is -0.490 e. The molecule has 0 saturated heterocycles. The third kappa shape index (κ3) is 4.01. The number of nitrogens with zero attached hydrogens (tertiary/aromatic N) is 3. The molecule has 0 aliphatic rings. The van der Waals surface area contributed by atoms with E-state index in [4.69, 9.17) is 10.5 Å². The van der Waals surface area contributed by atoms with E-state index in [0.29, 0.717) is 18.0 Å². The van der Waals surface area contributed by atoms with Crippen molar-refractivity contribution in [2.45, 2.75) is 26.3 Å². The van der Waals surface area contributed by atoms with E-state index < -0.39 is 0 Å². The molecule has 0 bridgehead atoms. The van der Waals surface area contributed by atoms with Crippen molar-refractivity contribution in [3.05, 3.63) is 30.5 Å². The van der Waals surface area contributed by atoms with Crippen molar-refractivity contribution in [3.63, 3.8) is 0 Å². The van der Waals surface area contributed by atoms with Crippen LogP contribution in [0.5, 0.6) is 5.75 Å². The van der Waals surface area contributed by atoms with Crippen molar-refractivity contribution in [1.82, 2.24) is 14.7 Å². The lowest BCUT2D eigenvalue weighted by Crippen LogP contribution is -2.22. The van der Waals surface area contributed by atoms with E-state index in [1.807, 2.05) is 49.2 Å². The fourth-order valence-corrected chi connectivity index (χ4v) is 2.01. The van der Waals surface area contributed by atoms with Crippen LogP contribution in [-0.2, 0) is 5.54 Å². The first-order valence-corrected chi connectivity index (χ1v) is 7.51. The van der Waals surface area contributed by atoms with Gasteiger partial charge in [0.1, 0.15) is 12.4 Å². The average molecular weight is 302 g/mol. The maximum absolute atomic E-state index is 5.99. The van der Waals surface area contributed by atoms with E-state index >= 15 is 0 Å². The molecule has 0 fully saturated rings. The van der Waals surface area contributed by atoms with Crippen LogP contribution in [0.2, 0.25) is 0 Å². The minimum atomic E-state index is -0.0307. The molecule has 0 saturated carbocycles. The molecule has 0 unspecified atom stereocenters. The van der Waals surface area contributed by atoms with Crippen molar-refractivity contribution >= 4 is 5.69 Å². The van der Waals surface area contributed by atoms with Gasteiger partial charge in [-0.2, -0.15) is 5.10 Å². The van der Waals surface area contributed by atoms with Crippen molar-refractivity contribution in [3.8, 4) is 17.0 Å². The number of aromatic nitrogens is 2. The first-order chi connectivity index (χ1) is 10.3. The van der Waals surface area contributed by atoms with Gasteiger partial charge >= 0.3 is 0 Å². The van der Waals surface area contributed by atoms with Crippen LogP contribution in [0.3, 0.4) is 0 Å². The van der Waals surface area contributed by atoms with Crippen LogP contribution in [-0.4, -0.2) is 41.9 Å². The maximum Gasteiger partial charge on any atom is 0.142 e. The fraction of sp³-hybridized carbons (Fsp3) is 0.471. The molecule has 1 heterocycles. The van der Waals surface area contributed by atoms with Crippen LogP contribution in [0.1, 0.15) is 20.8 Å². The molecule has 2 aromatic rings. The number of anilines is 1. The molecule has 2 rings (SSSR count). The Kier molecular flexibility index (Phi) is 4.76. The summed E-state index contributed by atoms with van der Waals surface area (Å²) in [4.78, 5) is 2.07. The smallest absolute Gasteiger partial charge is 0.142 e.